The summed E-state index contributed by atoms with van der Waals surface area (Å²) in [6, 6.07) is 5.84. The SMILES string of the molecule is COc1cc(CNCC2CCNCC2)ccc1OCC(=O)NC(C)(C)C. The van der Waals surface area contributed by atoms with Gasteiger partial charge in [-0.2, -0.15) is 0 Å². The summed E-state index contributed by atoms with van der Waals surface area (Å²) in [4.78, 5) is 11.9. The van der Waals surface area contributed by atoms with Crippen LogP contribution >= 0.6 is 0 Å². The fraction of sp³-hybridized carbons (Fsp3) is 0.650. The molecule has 146 valence electrons. The van der Waals surface area contributed by atoms with Crippen molar-refractivity contribution in [3.05, 3.63) is 23.8 Å². The van der Waals surface area contributed by atoms with Crippen molar-refractivity contribution in [2.45, 2.75) is 45.7 Å². The highest BCUT2D eigenvalue weighted by molar-refractivity contribution is 5.78. The van der Waals surface area contributed by atoms with E-state index in [4.69, 9.17) is 9.47 Å². The third kappa shape index (κ3) is 7.22. The van der Waals surface area contributed by atoms with Gasteiger partial charge in [-0.05, 0) is 76.9 Å². The average Bonchev–Trinajstić information content (AvgIpc) is 2.60. The Bertz CT molecular complexity index is 578. The van der Waals surface area contributed by atoms with Crippen molar-refractivity contribution in [2.75, 3.05) is 33.4 Å². The second kappa shape index (κ2) is 9.78. The van der Waals surface area contributed by atoms with Gasteiger partial charge in [0, 0.05) is 12.1 Å². The third-order valence-electron chi connectivity index (χ3n) is 4.32. The molecule has 0 aromatic heterocycles. The van der Waals surface area contributed by atoms with Gasteiger partial charge < -0.3 is 25.4 Å². The zero-order chi connectivity index (χ0) is 19.0. The van der Waals surface area contributed by atoms with E-state index >= 15 is 0 Å². The van der Waals surface area contributed by atoms with E-state index in [-0.39, 0.29) is 18.1 Å². The van der Waals surface area contributed by atoms with Crippen LogP contribution in [0.5, 0.6) is 11.5 Å². The number of methoxy groups -OCH3 is 1. The van der Waals surface area contributed by atoms with Crippen LogP contribution in [-0.4, -0.2) is 44.8 Å². The molecule has 0 radical (unpaired) electrons. The molecule has 0 aliphatic carbocycles. The fourth-order valence-electron chi connectivity index (χ4n) is 3.05. The molecule has 2 rings (SSSR count). The smallest absolute Gasteiger partial charge is 0.258 e. The number of carbonyl (C=O) groups excluding carboxylic acids is 1. The van der Waals surface area contributed by atoms with Gasteiger partial charge in [0.05, 0.1) is 7.11 Å². The van der Waals surface area contributed by atoms with E-state index in [0.29, 0.717) is 11.5 Å². The zero-order valence-corrected chi connectivity index (χ0v) is 16.5. The lowest BCUT2D eigenvalue weighted by molar-refractivity contribution is -0.124. The predicted octanol–water partition coefficient (Wildman–Crippen LogP) is 2.08. The highest BCUT2D eigenvalue weighted by Gasteiger charge is 2.15. The first-order valence-electron chi connectivity index (χ1n) is 9.39. The molecule has 1 aliphatic heterocycles. The normalized spacial score (nSPS) is 15.5. The second-order valence-corrected chi connectivity index (χ2v) is 7.90. The molecule has 1 aliphatic rings. The van der Waals surface area contributed by atoms with Crippen LogP contribution in [0.1, 0.15) is 39.2 Å². The summed E-state index contributed by atoms with van der Waals surface area (Å²) in [6.45, 7) is 9.87. The lowest BCUT2D eigenvalue weighted by atomic mass is 9.98. The van der Waals surface area contributed by atoms with Gasteiger partial charge in [0.1, 0.15) is 0 Å². The number of benzene rings is 1. The summed E-state index contributed by atoms with van der Waals surface area (Å²) in [5, 5.41) is 9.80. The van der Waals surface area contributed by atoms with Crippen molar-refractivity contribution in [2.24, 2.45) is 5.92 Å². The standard InChI is InChI=1S/C20H33N3O3/c1-20(2,3)23-19(24)14-26-17-6-5-16(11-18(17)25-4)13-22-12-15-7-9-21-10-8-15/h5-6,11,15,21-22H,7-10,12-14H2,1-4H3,(H,23,24). The summed E-state index contributed by atoms with van der Waals surface area (Å²) in [5.41, 5.74) is 0.872. The Morgan fingerprint density at radius 2 is 1.96 bits per heavy atom. The Morgan fingerprint density at radius 3 is 2.62 bits per heavy atom. The summed E-state index contributed by atoms with van der Waals surface area (Å²) in [7, 11) is 1.61. The molecule has 0 unspecified atom stereocenters. The number of hydrogen-bond donors (Lipinski definition) is 3. The number of rotatable bonds is 8. The average molecular weight is 364 g/mol. The van der Waals surface area contributed by atoms with Crippen LogP contribution in [-0.2, 0) is 11.3 Å². The van der Waals surface area contributed by atoms with Crippen LogP contribution in [0.4, 0.5) is 0 Å². The molecule has 6 nitrogen and oxygen atoms in total. The van der Waals surface area contributed by atoms with Gasteiger partial charge in [0.2, 0.25) is 0 Å². The Kier molecular flexibility index (Phi) is 7.72. The minimum Gasteiger partial charge on any atom is -0.493 e. The van der Waals surface area contributed by atoms with Crippen LogP contribution in [0.15, 0.2) is 18.2 Å². The number of nitrogens with one attached hydrogen (secondary N) is 3. The van der Waals surface area contributed by atoms with E-state index < -0.39 is 0 Å². The van der Waals surface area contributed by atoms with Crippen molar-refractivity contribution in [3.63, 3.8) is 0 Å². The molecule has 3 N–H and O–H groups in total. The van der Waals surface area contributed by atoms with Crippen molar-refractivity contribution in [1.82, 2.24) is 16.0 Å². The fourth-order valence-corrected chi connectivity index (χ4v) is 3.05. The molecule has 0 atom stereocenters. The first kappa shape index (κ1) is 20.5. The number of hydrogen-bond acceptors (Lipinski definition) is 5. The number of amides is 1. The largest absolute Gasteiger partial charge is 0.493 e. The third-order valence-corrected chi connectivity index (χ3v) is 4.32. The molecule has 0 saturated carbocycles. The zero-order valence-electron chi connectivity index (χ0n) is 16.5. The maximum absolute atomic E-state index is 11.9. The van der Waals surface area contributed by atoms with Crippen LogP contribution in [0.25, 0.3) is 0 Å². The monoisotopic (exact) mass is 363 g/mol. The molecule has 1 saturated heterocycles. The first-order valence-corrected chi connectivity index (χ1v) is 9.39. The van der Waals surface area contributed by atoms with Gasteiger partial charge in [-0.3, -0.25) is 4.79 Å². The van der Waals surface area contributed by atoms with Crippen LogP contribution in [0.2, 0.25) is 0 Å². The molecule has 1 aromatic carbocycles. The van der Waals surface area contributed by atoms with Gasteiger partial charge >= 0.3 is 0 Å². The van der Waals surface area contributed by atoms with Crippen LogP contribution in [0.3, 0.4) is 0 Å². The van der Waals surface area contributed by atoms with Crippen molar-refractivity contribution >= 4 is 5.91 Å². The minimum absolute atomic E-state index is 0.0268. The molecule has 1 heterocycles. The van der Waals surface area contributed by atoms with E-state index in [0.717, 1.165) is 37.7 Å². The lowest BCUT2D eigenvalue weighted by Gasteiger charge is -2.23. The van der Waals surface area contributed by atoms with Crippen molar-refractivity contribution in [1.29, 1.82) is 0 Å². The molecule has 1 amide bonds. The van der Waals surface area contributed by atoms with Gasteiger partial charge in [0.15, 0.2) is 18.1 Å². The molecule has 1 aromatic rings. The maximum atomic E-state index is 11.9. The van der Waals surface area contributed by atoms with Gasteiger partial charge in [-0.15, -0.1) is 0 Å². The molecule has 0 bridgehead atoms. The number of ether oxygens (including phenoxy) is 2. The quantitative estimate of drug-likeness (QED) is 0.660. The first-order chi connectivity index (χ1) is 12.4. The van der Waals surface area contributed by atoms with Gasteiger partial charge in [0.25, 0.3) is 5.91 Å². The molecule has 26 heavy (non-hydrogen) atoms. The summed E-state index contributed by atoms with van der Waals surface area (Å²) in [5.74, 6) is 1.84. The van der Waals surface area contributed by atoms with Crippen molar-refractivity contribution < 1.29 is 14.3 Å². The van der Waals surface area contributed by atoms with E-state index in [1.54, 1.807) is 7.11 Å². The predicted molar refractivity (Wildman–Crippen MR) is 104 cm³/mol. The van der Waals surface area contributed by atoms with Crippen LogP contribution in [0, 0.1) is 5.92 Å². The Labute approximate surface area is 157 Å². The van der Waals surface area contributed by atoms with E-state index in [2.05, 4.69) is 16.0 Å². The molecule has 0 spiro atoms. The molecule has 1 fully saturated rings. The topological polar surface area (TPSA) is 71.6 Å². The van der Waals surface area contributed by atoms with E-state index in [1.807, 2.05) is 39.0 Å². The highest BCUT2D eigenvalue weighted by atomic mass is 16.5. The molecular formula is C20H33N3O3. The maximum Gasteiger partial charge on any atom is 0.258 e. The second-order valence-electron chi connectivity index (χ2n) is 7.90. The van der Waals surface area contributed by atoms with Crippen LogP contribution < -0.4 is 25.4 Å². The summed E-state index contributed by atoms with van der Waals surface area (Å²) < 4.78 is 11.0. The minimum atomic E-state index is -0.269. The number of carbonyl (C=O) groups is 1. The summed E-state index contributed by atoms with van der Waals surface area (Å²) >= 11 is 0. The number of piperidine rings is 1. The lowest BCUT2D eigenvalue weighted by Crippen LogP contribution is -2.43. The summed E-state index contributed by atoms with van der Waals surface area (Å²) in [6.07, 6.45) is 2.47. The van der Waals surface area contributed by atoms with Gasteiger partial charge in [-0.1, -0.05) is 6.07 Å². The van der Waals surface area contributed by atoms with Gasteiger partial charge in [-0.25, -0.2) is 0 Å². The molecule has 6 heteroatoms. The Morgan fingerprint density at radius 1 is 1.23 bits per heavy atom. The van der Waals surface area contributed by atoms with E-state index in [9.17, 15) is 4.79 Å². The highest BCUT2D eigenvalue weighted by Crippen LogP contribution is 2.28. The van der Waals surface area contributed by atoms with E-state index in [1.165, 1.54) is 12.8 Å². The molecular weight excluding hydrogens is 330 g/mol. The van der Waals surface area contributed by atoms with Crippen molar-refractivity contribution in [3.8, 4) is 11.5 Å². The Hall–Kier alpha value is -1.79. The Balaban J connectivity index is 1.83.